The van der Waals surface area contributed by atoms with E-state index in [-0.39, 0.29) is 11.3 Å². The highest BCUT2D eigenvalue weighted by Crippen LogP contribution is 2.29. The molecule has 1 aliphatic carbocycles. The van der Waals surface area contributed by atoms with Gasteiger partial charge in [-0.2, -0.15) is 5.10 Å². The first-order valence-electron chi connectivity index (χ1n) is 6.24. The summed E-state index contributed by atoms with van der Waals surface area (Å²) in [7, 11) is 0.942. The predicted molar refractivity (Wildman–Crippen MR) is 70.9 cm³/mol. The lowest BCUT2D eigenvalue weighted by Gasteiger charge is -2.28. The van der Waals surface area contributed by atoms with Crippen LogP contribution in [-0.4, -0.2) is 47.7 Å². The molecule has 0 unspecified atom stereocenters. The van der Waals surface area contributed by atoms with Crippen molar-refractivity contribution in [3.05, 3.63) is 18.0 Å². The fourth-order valence-corrected chi connectivity index (χ4v) is 4.38. The van der Waals surface area contributed by atoms with Crippen molar-refractivity contribution in [1.82, 2.24) is 14.7 Å². The van der Waals surface area contributed by atoms with Crippen LogP contribution in [0.4, 0.5) is 0 Å². The molecule has 18 heavy (non-hydrogen) atoms. The van der Waals surface area contributed by atoms with Gasteiger partial charge in [-0.15, -0.1) is 0 Å². The van der Waals surface area contributed by atoms with Gasteiger partial charge < -0.3 is 0 Å². The second-order valence-electron chi connectivity index (χ2n) is 5.30. The Morgan fingerprint density at radius 1 is 1.50 bits per heavy atom. The lowest BCUT2D eigenvalue weighted by molar-refractivity contribution is 0.238. The van der Waals surface area contributed by atoms with E-state index in [1.54, 1.807) is 4.68 Å². The molecule has 0 spiro atoms. The lowest BCUT2D eigenvalue weighted by atomic mass is 10.2. The summed E-state index contributed by atoms with van der Waals surface area (Å²) in [6.45, 7) is 0.754. The quantitative estimate of drug-likeness (QED) is 0.813. The number of nitrogens with zero attached hydrogens (tertiary/aromatic N) is 3. The summed E-state index contributed by atoms with van der Waals surface area (Å²) in [5, 5.41) is 3.93. The molecule has 1 saturated carbocycles. The Hall–Kier alpha value is -0.880. The Bertz CT molecular complexity index is 509. The highest BCUT2D eigenvalue weighted by molar-refractivity contribution is 7.91. The Balaban J connectivity index is 2.06. The summed E-state index contributed by atoms with van der Waals surface area (Å²) in [4.78, 5) is 2.15. The minimum Gasteiger partial charge on any atom is -0.298 e. The van der Waals surface area contributed by atoms with Gasteiger partial charge in [0.05, 0.1) is 11.4 Å². The second kappa shape index (κ2) is 5.01. The summed E-state index contributed by atoms with van der Waals surface area (Å²) < 4.78 is 25.3. The number of sulfone groups is 1. The van der Waals surface area contributed by atoms with Gasteiger partial charge in [0.2, 0.25) is 0 Å². The van der Waals surface area contributed by atoms with Crippen LogP contribution in [0.3, 0.4) is 0 Å². The smallest absolute Gasteiger partial charge is 0.151 e. The SMILES string of the molecule is CN(Cc1cnn(C)c1)[C@H]1CCC[C@@H]1S(C)(=O)=O. The van der Waals surface area contributed by atoms with Crippen molar-refractivity contribution in [2.75, 3.05) is 13.3 Å². The van der Waals surface area contributed by atoms with Gasteiger partial charge in [-0.05, 0) is 19.9 Å². The normalized spacial score (nSPS) is 24.9. The molecule has 0 saturated heterocycles. The monoisotopic (exact) mass is 271 g/mol. The minimum absolute atomic E-state index is 0.139. The van der Waals surface area contributed by atoms with Crippen LogP contribution in [0.2, 0.25) is 0 Å². The van der Waals surface area contributed by atoms with E-state index in [1.165, 1.54) is 6.26 Å². The molecular weight excluding hydrogens is 250 g/mol. The second-order valence-corrected chi connectivity index (χ2v) is 7.57. The average Bonchev–Trinajstić information content (AvgIpc) is 2.85. The summed E-state index contributed by atoms with van der Waals surface area (Å²) in [6.07, 6.45) is 7.92. The van der Waals surface area contributed by atoms with E-state index in [4.69, 9.17) is 0 Å². The van der Waals surface area contributed by atoms with Crippen LogP contribution in [-0.2, 0) is 23.4 Å². The summed E-state index contributed by atoms with van der Waals surface area (Å²) in [6, 6.07) is 0.139. The molecule has 5 nitrogen and oxygen atoms in total. The maximum atomic E-state index is 11.8. The molecule has 0 radical (unpaired) electrons. The molecule has 1 aromatic heterocycles. The molecular formula is C12H21N3O2S. The van der Waals surface area contributed by atoms with Crippen LogP contribution in [0.5, 0.6) is 0 Å². The lowest BCUT2D eigenvalue weighted by Crippen LogP contribution is -2.40. The Labute approximate surface area is 109 Å². The molecule has 0 N–H and O–H groups in total. The van der Waals surface area contributed by atoms with Crippen molar-refractivity contribution in [3.8, 4) is 0 Å². The van der Waals surface area contributed by atoms with Crippen LogP contribution < -0.4 is 0 Å². The van der Waals surface area contributed by atoms with Gasteiger partial charge in [-0.25, -0.2) is 8.42 Å². The molecule has 1 aromatic rings. The van der Waals surface area contributed by atoms with Crippen LogP contribution in [0.15, 0.2) is 12.4 Å². The van der Waals surface area contributed by atoms with Crippen molar-refractivity contribution < 1.29 is 8.42 Å². The maximum absolute atomic E-state index is 11.8. The molecule has 6 heteroatoms. The third-order valence-corrected chi connectivity index (χ3v) is 5.37. The van der Waals surface area contributed by atoms with E-state index in [2.05, 4.69) is 10.00 Å². The van der Waals surface area contributed by atoms with Crippen LogP contribution in [0, 0.1) is 0 Å². The molecule has 0 aliphatic heterocycles. The summed E-state index contributed by atoms with van der Waals surface area (Å²) >= 11 is 0. The molecule has 1 aliphatic rings. The Kier molecular flexibility index (Phi) is 3.77. The zero-order chi connectivity index (χ0) is 13.3. The third-order valence-electron chi connectivity index (χ3n) is 3.72. The predicted octanol–water partition coefficient (Wildman–Crippen LogP) is 0.818. The molecule has 0 amide bonds. The van der Waals surface area contributed by atoms with Crippen molar-refractivity contribution in [2.24, 2.45) is 7.05 Å². The zero-order valence-electron chi connectivity index (χ0n) is 11.2. The first-order valence-corrected chi connectivity index (χ1v) is 8.20. The minimum atomic E-state index is -2.95. The van der Waals surface area contributed by atoms with Crippen LogP contribution >= 0.6 is 0 Å². The molecule has 1 fully saturated rings. The van der Waals surface area contributed by atoms with Gasteiger partial charge in [0, 0.05) is 37.7 Å². The zero-order valence-corrected chi connectivity index (χ0v) is 12.0. The molecule has 2 atom stereocenters. The van der Waals surface area contributed by atoms with Gasteiger partial charge in [-0.1, -0.05) is 6.42 Å². The van der Waals surface area contributed by atoms with Gasteiger partial charge in [0.25, 0.3) is 0 Å². The van der Waals surface area contributed by atoms with Crippen molar-refractivity contribution in [2.45, 2.75) is 37.1 Å². The molecule has 0 aromatic carbocycles. The van der Waals surface area contributed by atoms with Crippen molar-refractivity contribution in [3.63, 3.8) is 0 Å². The van der Waals surface area contributed by atoms with Crippen molar-refractivity contribution >= 4 is 9.84 Å². The van der Waals surface area contributed by atoms with E-state index in [9.17, 15) is 8.42 Å². The topological polar surface area (TPSA) is 55.2 Å². The van der Waals surface area contributed by atoms with Gasteiger partial charge in [0.1, 0.15) is 0 Å². The number of hydrogen-bond donors (Lipinski definition) is 0. The fraction of sp³-hybridized carbons (Fsp3) is 0.750. The van der Waals surface area contributed by atoms with Gasteiger partial charge in [0.15, 0.2) is 9.84 Å². The van der Waals surface area contributed by atoms with Gasteiger partial charge >= 0.3 is 0 Å². The maximum Gasteiger partial charge on any atom is 0.151 e. The molecule has 102 valence electrons. The largest absolute Gasteiger partial charge is 0.298 e. The first-order chi connectivity index (χ1) is 8.38. The molecule has 0 bridgehead atoms. The van der Waals surface area contributed by atoms with Crippen molar-refractivity contribution in [1.29, 1.82) is 0 Å². The van der Waals surface area contributed by atoms with Crippen LogP contribution in [0.1, 0.15) is 24.8 Å². The van der Waals surface area contributed by atoms with E-state index >= 15 is 0 Å². The number of aromatic nitrogens is 2. The number of hydrogen-bond acceptors (Lipinski definition) is 4. The Morgan fingerprint density at radius 2 is 2.22 bits per heavy atom. The van der Waals surface area contributed by atoms with E-state index < -0.39 is 9.84 Å². The molecule has 1 heterocycles. The fourth-order valence-electron chi connectivity index (χ4n) is 2.87. The van der Waals surface area contributed by atoms with Crippen LogP contribution in [0.25, 0.3) is 0 Å². The summed E-state index contributed by atoms with van der Waals surface area (Å²) in [5.74, 6) is 0. The summed E-state index contributed by atoms with van der Waals surface area (Å²) in [5.41, 5.74) is 1.12. The first kappa shape index (κ1) is 13.5. The number of aryl methyl sites for hydroxylation is 1. The van der Waals surface area contributed by atoms with E-state index in [0.717, 1.165) is 31.4 Å². The molecule has 2 rings (SSSR count). The van der Waals surface area contributed by atoms with E-state index in [1.807, 2.05) is 26.5 Å². The Morgan fingerprint density at radius 3 is 2.78 bits per heavy atom. The number of rotatable bonds is 4. The highest BCUT2D eigenvalue weighted by Gasteiger charge is 2.37. The van der Waals surface area contributed by atoms with E-state index in [0.29, 0.717) is 0 Å². The van der Waals surface area contributed by atoms with Gasteiger partial charge in [-0.3, -0.25) is 9.58 Å². The highest BCUT2D eigenvalue weighted by atomic mass is 32.2. The average molecular weight is 271 g/mol. The third kappa shape index (κ3) is 2.92. The standard InChI is InChI=1S/C12H21N3O2S/c1-14(8-10-7-13-15(2)9-10)11-5-4-6-12(11)18(3,16)17/h7,9,11-12H,4-6,8H2,1-3H3/t11-,12-/m0/s1.